The number of carbonyl (C=O) groups excluding carboxylic acids is 1. The number of methoxy groups -OCH3 is 1. The number of benzene rings is 4. The normalized spacial score (nSPS) is 17.1. The van der Waals surface area contributed by atoms with E-state index in [1.54, 1.807) is 66.7 Å². The summed E-state index contributed by atoms with van der Waals surface area (Å²) in [6.45, 7) is -0.533. The van der Waals surface area contributed by atoms with Crippen molar-refractivity contribution in [3.8, 4) is 11.5 Å². The summed E-state index contributed by atoms with van der Waals surface area (Å²) < 4.78 is 99.3. The van der Waals surface area contributed by atoms with E-state index >= 15 is 0 Å². The van der Waals surface area contributed by atoms with E-state index in [-0.39, 0.29) is 37.3 Å². The van der Waals surface area contributed by atoms with Crippen LogP contribution in [0, 0.1) is 0 Å². The first-order chi connectivity index (χ1) is 24.8. The van der Waals surface area contributed by atoms with Gasteiger partial charge in [0.2, 0.25) is 5.90 Å². The molecule has 5 rings (SSSR count). The van der Waals surface area contributed by atoms with Crippen molar-refractivity contribution in [1.82, 2.24) is 5.32 Å². The fourth-order valence-electron chi connectivity index (χ4n) is 5.64. The van der Waals surface area contributed by atoms with Gasteiger partial charge in [0.1, 0.15) is 11.5 Å². The smallest absolute Gasteiger partial charge is 0.416 e. The third-order valence-corrected chi connectivity index (χ3v) is 8.13. The number of hydrogen-bond donors (Lipinski definition) is 2. The number of alkyl halides is 6. The average molecular weight is 728 g/mol. The third kappa shape index (κ3) is 8.58. The Balaban J connectivity index is 1.63. The van der Waals surface area contributed by atoms with Crippen molar-refractivity contribution in [3.63, 3.8) is 0 Å². The maximum absolute atomic E-state index is 14.6. The molecule has 272 valence electrons. The second-order valence-corrected chi connectivity index (χ2v) is 11.7. The van der Waals surface area contributed by atoms with Crippen molar-refractivity contribution < 1.29 is 50.5 Å². The average Bonchev–Trinajstić information content (AvgIpc) is 3.51. The zero-order valence-corrected chi connectivity index (χ0v) is 27.4. The summed E-state index contributed by atoms with van der Waals surface area (Å²) in [5.74, 6) is -0.0383. The van der Waals surface area contributed by atoms with Crippen molar-refractivity contribution in [3.05, 3.63) is 135 Å². The molecular weight excluding hydrogens is 696 g/mol. The zero-order chi connectivity index (χ0) is 37.5. The van der Waals surface area contributed by atoms with Crippen LogP contribution in [0.25, 0.3) is 10.4 Å². The molecule has 2 N–H and O–H groups in total. The molecule has 1 amide bonds. The molecule has 1 heterocycles. The van der Waals surface area contributed by atoms with Gasteiger partial charge in [-0.3, -0.25) is 4.79 Å². The Morgan fingerprint density at radius 3 is 2.29 bits per heavy atom. The number of aliphatic hydroxyl groups is 1. The van der Waals surface area contributed by atoms with Gasteiger partial charge >= 0.3 is 12.4 Å². The molecule has 0 aromatic heterocycles. The molecule has 0 radical (unpaired) electrons. The van der Waals surface area contributed by atoms with Crippen molar-refractivity contribution >= 4 is 17.5 Å². The lowest BCUT2D eigenvalue weighted by Gasteiger charge is -2.31. The van der Waals surface area contributed by atoms with Gasteiger partial charge in [-0.15, -0.1) is 0 Å². The lowest BCUT2D eigenvalue weighted by atomic mass is 9.81. The molecule has 1 aliphatic heterocycles. The fourth-order valence-corrected chi connectivity index (χ4v) is 5.64. The lowest BCUT2D eigenvalue weighted by molar-refractivity contribution is -0.143. The molecule has 16 heteroatoms. The molecule has 0 fully saturated rings. The highest BCUT2D eigenvalue weighted by atomic mass is 19.4. The van der Waals surface area contributed by atoms with Crippen LogP contribution in [-0.4, -0.2) is 42.8 Å². The molecule has 2 atom stereocenters. The number of aliphatic imine (C=N–C) groups is 1. The van der Waals surface area contributed by atoms with Gasteiger partial charge in [0, 0.05) is 42.2 Å². The molecule has 0 saturated heterocycles. The van der Waals surface area contributed by atoms with Gasteiger partial charge < -0.3 is 24.6 Å². The van der Waals surface area contributed by atoms with Gasteiger partial charge in [0.15, 0.2) is 11.6 Å². The van der Waals surface area contributed by atoms with E-state index in [1.165, 1.54) is 13.2 Å². The van der Waals surface area contributed by atoms with E-state index in [0.717, 1.165) is 0 Å². The Morgan fingerprint density at radius 1 is 0.962 bits per heavy atom. The number of amides is 1. The Labute approximate surface area is 293 Å². The summed E-state index contributed by atoms with van der Waals surface area (Å²) in [5.41, 5.74) is 5.07. The van der Waals surface area contributed by atoms with Crippen molar-refractivity contribution in [1.29, 1.82) is 0 Å². The zero-order valence-electron chi connectivity index (χ0n) is 27.4. The summed E-state index contributed by atoms with van der Waals surface area (Å²) in [6.07, 6.45) is -11.3. The van der Waals surface area contributed by atoms with Crippen LogP contribution in [0.5, 0.6) is 11.5 Å². The van der Waals surface area contributed by atoms with Gasteiger partial charge in [-0.25, -0.2) is 4.99 Å². The van der Waals surface area contributed by atoms with E-state index in [9.17, 15) is 36.7 Å². The predicted octanol–water partition coefficient (Wildman–Crippen LogP) is 8.25. The summed E-state index contributed by atoms with van der Waals surface area (Å²) in [7, 11) is 1.43. The van der Waals surface area contributed by atoms with E-state index in [0.29, 0.717) is 46.7 Å². The molecule has 0 saturated carbocycles. The van der Waals surface area contributed by atoms with Crippen LogP contribution in [-0.2, 0) is 34.8 Å². The minimum Gasteiger partial charge on any atom is -0.497 e. The molecule has 0 aliphatic carbocycles. The quantitative estimate of drug-likeness (QED) is 0.0470. The standard InChI is InChI=1S/C36H31F6N5O5/c1-50-29-8-4-7-24(18-29)31-34(20-25-6-2-3-9-30(25)46-47-43,45-32(52-31)23-10-12-28(13-11-23)51-15-5-14-48)33(49)44-21-22-16-26(35(37,38)39)19-27(17-22)36(40,41)42/h2-4,6-13,16-19,31,48H,5,14-15,20-21H2,1H3,(H,44,49)/t31-,34-/m1/s1. The highest BCUT2D eigenvalue weighted by Crippen LogP contribution is 2.45. The number of hydrogen-bond acceptors (Lipinski definition) is 7. The Bertz CT molecular complexity index is 1950. The second kappa shape index (κ2) is 15.7. The molecule has 1 aliphatic rings. The predicted molar refractivity (Wildman–Crippen MR) is 177 cm³/mol. The number of carbonyl (C=O) groups is 1. The summed E-state index contributed by atoms with van der Waals surface area (Å²) in [5, 5.41) is 15.3. The molecule has 0 spiro atoms. The van der Waals surface area contributed by atoms with Crippen LogP contribution in [0.4, 0.5) is 32.0 Å². The van der Waals surface area contributed by atoms with Crippen LogP contribution < -0.4 is 14.8 Å². The van der Waals surface area contributed by atoms with Crippen LogP contribution >= 0.6 is 0 Å². The van der Waals surface area contributed by atoms with Gasteiger partial charge in [0.25, 0.3) is 5.91 Å². The number of nitrogens with zero attached hydrogens (tertiary/aromatic N) is 4. The molecule has 0 unspecified atom stereocenters. The van der Waals surface area contributed by atoms with Gasteiger partial charge in [-0.05, 0) is 76.8 Å². The SMILES string of the molecule is COc1cccc([C@H]2OC(c3ccc(OCCCO)cc3)=N[C@@]2(Cc2ccccc2N=[N+]=[N-])C(=O)NCc2cc(C(F)(F)F)cc(C(F)(F)F)c2)c1. The van der Waals surface area contributed by atoms with Crippen LogP contribution in [0.3, 0.4) is 0 Å². The fraction of sp³-hybridized carbons (Fsp3) is 0.278. The van der Waals surface area contributed by atoms with Crippen LogP contribution in [0.2, 0.25) is 0 Å². The monoisotopic (exact) mass is 727 g/mol. The number of ether oxygens (including phenoxy) is 3. The molecular formula is C36H31F6N5O5. The largest absolute Gasteiger partial charge is 0.497 e. The minimum atomic E-state index is -5.10. The molecule has 0 bridgehead atoms. The molecule has 4 aromatic rings. The highest BCUT2D eigenvalue weighted by molar-refractivity contribution is 6.01. The van der Waals surface area contributed by atoms with E-state index in [4.69, 9.17) is 24.3 Å². The lowest BCUT2D eigenvalue weighted by Crippen LogP contribution is -2.49. The van der Waals surface area contributed by atoms with E-state index in [1.807, 2.05) is 0 Å². The van der Waals surface area contributed by atoms with Crippen molar-refractivity contribution in [2.75, 3.05) is 20.3 Å². The molecule has 52 heavy (non-hydrogen) atoms. The van der Waals surface area contributed by atoms with Gasteiger partial charge in [0.05, 0.1) is 24.8 Å². The molecule has 4 aromatic carbocycles. The maximum Gasteiger partial charge on any atom is 0.416 e. The van der Waals surface area contributed by atoms with Crippen molar-refractivity contribution in [2.45, 2.75) is 43.4 Å². The first-order valence-electron chi connectivity index (χ1n) is 15.7. The van der Waals surface area contributed by atoms with E-state index in [2.05, 4.69) is 15.3 Å². The Morgan fingerprint density at radius 2 is 1.65 bits per heavy atom. The van der Waals surface area contributed by atoms with Gasteiger partial charge in [-0.2, -0.15) is 26.3 Å². The van der Waals surface area contributed by atoms with E-state index < -0.39 is 53.1 Å². The number of azide groups is 1. The van der Waals surface area contributed by atoms with Gasteiger partial charge in [-0.1, -0.05) is 41.5 Å². The number of aliphatic hydroxyl groups excluding tert-OH is 1. The highest BCUT2D eigenvalue weighted by Gasteiger charge is 2.53. The van der Waals surface area contributed by atoms with Crippen LogP contribution in [0.15, 0.2) is 101 Å². The second-order valence-electron chi connectivity index (χ2n) is 11.7. The molecule has 10 nitrogen and oxygen atoms in total. The Hall–Kier alpha value is -5.73. The van der Waals surface area contributed by atoms with Crippen LogP contribution in [0.1, 0.15) is 45.9 Å². The number of nitrogens with one attached hydrogen (secondary N) is 1. The first kappa shape index (κ1) is 37.5. The topological polar surface area (TPSA) is 138 Å². The summed E-state index contributed by atoms with van der Waals surface area (Å²) in [4.78, 5) is 22.2. The first-order valence-corrected chi connectivity index (χ1v) is 15.7. The summed E-state index contributed by atoms with van der Waals surface area (Å²) in [6, 6.07) is 20.5. The minimum absolute atomic E-state index is 0.00259. The maximum atomic E-state index is 14.6. The summed E-state index contributed by atoms with van der Waals surface area (Å²) >= 11 is 0. The Kier molecular flexibility index (Phi) is 11.3. The third-order valence-electron chi connectivity index (χ3n) is 8.13. The van der Waals surface area contributed by atoms with Crippen molar-refractivity contribution in [2.24, 2.45) is 10.1 Å². The number of halogens is 6. The number of rotatable bonds is 13.